The first-order chi connectivity index (χ1) is 12.0. The monoisotopic (exact) mass is 346 g/mol. The number of rotatable bonds is 6. The molecule has 0 bridgehead atoms. The van der Waals surface area contributed by atoms with Gasteiger partial charge in [0.2, 0.25) is 5.91 Å². The van der Waals surface area contributed by atoms with Crippen LogP contribution in [-0.2, 0) is 14.3 Å². The van der Waals surface area contributed by atoms with Gasteiger partial charge in [-0.05, 0) is 19.1 Å². The molecule has 0 fully saturated rings. The van der Waals surface area contributed by atoms with Gasteiger partial charge in [-0.1, -0.05) is 12.1 Å². The van der Waals surface area contributed by atoms with Crippen molar-refractivity contribution in [1.82, 2.24) is 20.6 Å². The van der Waals surface area contributed by atoms with Gasteiger partial charge in [-0.25, -0.2) is 9.78 Å². The third-order valence-corrected chi connectivity index (χ3v) is 3.40. The Morgan fingerprint density at radius 1 is 1.20 bits per heavy atom. The fourth-order valence-corrected chi connectivity index (χ4v) is 2.04. The Hall–Kier alpha value is -3.07. The fourth-order valence-electron chi connectivity index (χ4n) is 2.04. The summed E-state index contributed by atoms with van der Waals surface area (Å²) in [4.78, 5) is 43.9. The van der Waals surface area contributed by atoms with E-state index in [-0.39, 0.29) is 5.69 Å². The lowest BCUT2D eigenvalue weighted by Gasteiger charge is -2.18. The van der Waals surface area contributed by atoms with Gasteiger partial charge < -0.3 is 20.5 Å². The standard InChI is InChI=1S/C16H18N4O5/c1-9(16(24)25-2)18-15(23)13(8-21)20-14(22)12-7-17-10-5-3-4-6-11(10)19-12/h3-7,9,13,21H,8H2,1-2H3,(H,18,23)(H,20,22)/t9-,13-/m1/s1. The maximum Gasteiger partial charge on any atom is 0.328 e. The Balaban J connectivity index is 2.07. The van der Waals surface area contributed by atoms with Crippen LogP contribution in [0.4, 0.5) is 0 Å². The maximum atomic E-state index is 12.2. The molecule has 0 radical (unpaired) electrons. The van der Waals surface area contributed by atoms with Crippen LogP contribution in [0.15, 0.2) is 30.5 Å². The van der Waals surface area contributed by atoms with E-state index in [0.29, 0.717) is 11.0 Å². The van der Waals surface area contributed by atoms with E-state index >= 15 is 0 Å². The highest BCUT2D eigenvalue weighted by Gasteiger charge is 2.25. The molecule has 2 atom stereocenters. The second-order valence-electron chi connectivity index (χ2n) is 5.21. The van der Waals surface area contributed by atoms with Crippen molar-refractivity contribution in [2.24, 2.45) is 0 Å². The van der Waals surface area contributed by atoms with E-state index in [4.69, 9.17) is 0 Å². The summed E-state index contributed by atoms with van der Waals surface area (Å²) < 4.78 is 4.50. The van der Waals surface area contributed by atoms with Gasteiger partial charge in [0.15, 0.2) is 0 Å². The summed E-state index contributed by atoms with van der Waals surface area (Å²) in [7, 11) is 1.19. The third-order valence-electron chi connectivity index (χ3n) is 3.40. The smallest absolute Gasteiger partial charge is 0.328 e. The van der Waals surface area contributed by atoms with Gasteiger partial charge in [-0.3, -0.25) is 14.6 Å². The number of methoxy groups -OCH3 is 1. The van der Waals surface area contributed by atoms with Crippen molar-refractivity contribution in [2.75, 3.05) is 13.7 Å². The second-order valence-corrected chi connectivity index (χ2v) is 5.21. The average molecular weight is 346 g/mol. The molecule has 3 N–H and O–H groups in total. The van der Waals surface area contributed by atoms with Crippen LogP contribution in [0, 0.1) is 0 Å². The van der Waals surface area contributed by atoms with Crippen molar-refractivity contribution in [3.05, 3.63) is 36.2 Å². The van der Waals surface area contributed by atoms with Crippen molar-refractivity contribution < 1.29 is 24.2 Å². The molecule has 9 heteroatoms. The molecule has 9 nitrogen and oxygen atoms in total. The molecule has 25 heavy (non-hydrogen) atoms. The lowest BCUT2D eigenvalue weighted by atomic mass is 10.2. The number of amides is 2. The van der Waals surface area contributed by atoms with Gasteiger partial charge in [0.05, 0.1) is 30.9 Å². The average Bonchev–Trinajstić information content (AvgIpc) is 2.64. The molecule has 1 aromatic heterocycles. The number of para-hydroxylation sites is 2. The summed E-state index contributed by atoms with van der Waals surface area (Å²) in [5.74, 6) is -2.03. The number of benzene rings is 1. The van der Waals surface area contributed by atoms with Gasteiger partial charge in [0, 0.05) is 0 Å². The minimum absolute atomic E-state index is 0.00552. The number of ether oxygens (including phenoxy) is 1. The number of nitrogens with one attached hydrogen (secondary N) is 2. The molecule has 2 rings (SSSR count). The zero-order valence-electron chi connectivity index (χ0n) is 13.7. The summed E-state index contributed by atoms with van der Waals surface area (Å²) >= 11 is 0. The van der Waals surface area contributed by atoms with Crippen molar-refractivity contribution >= 4 is 28.8 Å². The van der Waals surface area contributed by atoms with Crippen molar-refractivity contribution in [3.63, 3.8) is 0 Å². The van der Waals surface area contributed by atoms with E-state index < -0.39 is 36.5 Å². The number of hydrogen-bond donors (Lipinski definition) is 3. The van der Waals surface area contributed by atoms with Gasteiger partial charge >= 0.3 is 5.97 Å². The number of hydrogen-bond acceptors (Lipinski definition) is 7. The van der Waals surface area contributed by atoms with E-state index in [2.05, 4.69) is 25.3 Å². The summed E-state index contributed by atoms with van der Waals surface area (Å²) in [6, 6.07) is 4.86. The Bertz CT molecular complexity index is 795. The van der Waals surface area contributed by atoms with Gasteiger partial charge in [0.1, 0.15) is 17.8 Å². The van der Waals surface area contributed by atoms with E-state index in [1.807, 2.05) is 0 Å². The molecule has 1 aromatic carbocycles. The van der Waals surface area contributed by atoms with Crippen LogP contribution < -0.4 is 10.6 Å². The summed E-state index contributed by atoms with van der Waals surface area (Å²) in [5.41, 5.74) is 1.16. The highest BCUT2D eigenvalue weighted by molar-refractivity contribution is 5.97. The SMILES string of the molecule is COC(=O)[C@@H](C)NC(=O)[C@@H](CO)NC(=O)c1cnc2ccccc2n1. The highest BCUT2D eigenvalue weighted by atomic mass is 16.5. The molecule has 0 aliphatic heterocycles. The zero-order chi connectivity index (χ0) is 18.4. The van der Waals surface area contributed by atoms with Crippen LogP contribution in [0.2, 0.25) is 0 Å². The molecule has 2 amide bonds. The number of carbonyl (C=O) groups is 3. The molecule has 0 aliphatic carbocycles. The molecule has 0 saturated carbocycles. The second kappa shape index (κ2) is 8.15. The van der Waals surface area contributed by atoms with Crippen LogP contribution in [0.25, 0.3) is 11.0 Å². The molecular weight excluding hydrogens is 328 g/mol. The van der Waals surface area contributed by atoms with Crippen LogP contribution >= 0.6 is 0 Å². The zero-order valence-corrected chi connectivity index (χ0v) is 13.7. The molecule has 0 unspecified atom stereocenters. The lowest BCUT2D eigenvalue weighted by molar-refractivity contribution is -0.144. The minimum Gasteiger partial charge on any atom is -0.467 e. The Morgan fingerprint density at radius 2 is 1.88 bits per heavy atom. The van der Waals surface area contributed by atoms with Crippen molar-refractivity contribution in [2.45, 2.75) is 19.0 Å². The molecule has 0 spiro atoms. The third kappa shape index (κ3) is 4.48. The number of aromatic nitrogens is 2. The van der Waals surface area contributed by atoms with Crippen molar-refractivity contribution in [1.29, 1.82) is 0 Å². The van der Waals surface area contributed by atoms with Crippen LogP contribution in [0.5, 0.6) is 0 Å². The Kier molecular flexibility index (Phi) is 5.96. The summed E-state index contributed by atoms with van der Waals surface area (Å²) in [6.07, 6.45) is 1.28. The largest absolute Gasteiger partial charge is 0.467 e. The van der Waals surface area contributed by atoms with Crippen molar-refractivity contribution in [3.8, 4) is 0 Å². The number of esters is 1. The number of fused-ring (bicyclic) bond motifs is 1. The van der Waals surface area contributed by atoms with Gasteiger partial charge in [-0.2, -0.15) is 0 Å². The summed E-state index contributed by atoms with van der Waals surface area (Å²) in [5, 5.41) is 14.0. The first-order valence-electron chi connectivity index (χ1n) is 7.48. The molecule has 2 aromatic rings. The van der Waals surface area contributed by atoms with E-state index in [1.165, 1.54) is 20.2 Å². The number of aliphatic hydroxyl groups is 1. The Morgan fingerprint density at radius 3 is 2.52 bits per heavy atom. The van der Waals surface area contributed by atoms with Gasteiger partial charge in [-0.15, -0.1) is 0 Å². The first-order valence-corrected chi connectivity index (χ1v) is 7.48. The molecule has 0 aliphatic rings. The van der Waals surface area contributed by atoms with Crippen LogP contribution in [0.1, 0.15) is 17.4 Å². The number of aliphatic hydroxyl groups excluding tert-OH is 1. The minimum atomic E-state index is -1.24. The lowest BCUT2D eigenvalue weighted by Crippen LogP contribution is -2.52. The van der Waals surface area contributed by atoms with E-state index in [1.54, 1.807) is 24.3 Å². The summed E-state index contributed by atoms with van der Waals surface area (Å²) in [6.45, 7) is 0.779. The highest BCUT2D eigenvalue weighted by Crippen LogP contribution is 2.08. The van der Waals surface area contributed by atoms with E-state index in [0.717, 1.165) is 0 Å². The molecule has 0 saturated heterocycles. The predicted molar refractivity (Wildman–Crippen MR) is 87.5 cm³/mol. The molecule has 132 valence electrons. The fraction of sp³-hybridized carbons (Fsp3) is 0.312. The normalized spacial score (nSPS) is 12.9. The predicted octanol–water partition coefficient (Wildman–Crippen LogP) is -0.602. The maximum absolute atomic E-state index is 12.2. The molecule has 1 heterocycles. The van der Waals surface area contributed by atoms with Gasteiger partial charge in [0.25, 0.3) is 5.91 Å². The number of carbonyl (C=O) groups excluding carboxylic acids is 3. The molecular formula is C16H18N4O5. The van der Waals surface area contributed by atoms with E-state index in [9.17, 15) is 19.5 Å². The quantitative estimate of drug-likeness (QED) is 0.595. The first kappa shape index (κ1) is 18.3. The Labute approximate surface area is 143 Å². The van der Waals surface area contributed by atoms with Crippen LogP contribution in [0.3, 0.4) is 0 Å². The topological polar surface area (TPSA) is 131 Å². The van der Waals surface area contributed by atoms with Crippen LogP contribution in [-0.4, -0.2) is 58.7 Å². The number of nitrogens with zero attached hydrogens (tertiary/aromatic N) is 2.